The number of hydrogen-bond donors (Lipinski definition) is 2. The fourth-order valence-electron chi connectivity index (χ4n) is 2.90. The van der Waals surface area contributed by atoms with E-state index in [1.165, 1.54) is 6.20 Å². The van der Waals surface area contributed by atoms with Gasteiger partial charge in [-0.15, -0.1) is 0 Å². The molecule has 2 aromatic carbocycles. The van der Waals surface area contributed by atoms with Crippen LogP contribution < -0.4 is 4.72 Å². The molecule has 14 heteroatoms. The third-order valence-corrected chi connectivity index (χ3v) is 5.91. The van der Waals surface area contributed by atoms with Crippen LogP contribution in [0.25, 0.3) is 10.9 Å². The van der Waals surface area contributed by atoms with E-state index in [0.29, 0.717) is 10.9 Å². The van der Waals surface area contributed by atoms with Crippen molar-refractivity contribution in [2.24, 2.45) is 0 Å². The van der Waals surface area contributed by atoms with Crippen LogP contribution in [0.1, 0.15) is 21.5 Å². The molecule has 3 aromatic rings. The van der Waals surface area contributed by atoms with E-state index in [0.717, 1.165) is 0 Å². The van der Waals surface area contributed by atoms with Crippen molar-refractivity contribution < 1.29 is 49.1 Å². The van der Waals surface area contributed by atoms with Gasteiger partial charge in [-0.05, 0) is 24.3 Å². The first-order valence-electron chi connectivity index (χ1n) is 9.22. The van der Waals surface area contributed by atoms with Crippen molar-refractivity contribution in [3.8, 4) is 0 Å². The fraction of sp³-hybridized carbons (Fsp3) is 0.200. The molecule has 0 saturated carbocycles. The summed E-state index contributed by atoms with van der Waals surface area (Å²) >= 11 is 0. The number of para-hydroxylation sites is 1. The van der Waals surface area contributed by atoms with Gasteiger partial charge >= 0.3 is 18.3 Å². The first kappa shape index (κ1) is 25.2. The number of H-pyrrole nitrogens is 1. The predicted octanol–water partition coefficient (Wildman–Crippen LogP) is 3.91. The van der Waals surface area contributed by atoms with Gasteiger partial charge in [0.05, 0.1) is 16.0 Å². The van der Waals surface area contributed by atoms with E-state index >= 15 is 0 Å². The van der Waals surface area contributed by atoms with E-state index in [1.807, 2.05) is 0 Å². The number of benzene rings is 2. The number of ether oxygens (including phenoxy) is 1. The molecule has 7 nitrogen and oxygen atoms in total. The maximum atomic E-state index is 12.9. The summed E-state index contributed by atoms with van der Waals surface area (Å²) in [5, 5.41) is 0.550. The van der Waals surface area contributed by atoms with Gasteiger partial charge in [-0.2, -0.15) is 31.1 Å². The summed E-state index contributed by atoms with van der Waals surface area (Å²) in [6.45, 7) is -1.91. The molecule has 0 fully saturated rings. The lowest BCUT2D eigenvalue weighted by Crippen LogP contribution is -2.32. The van der Waals surface area contributed by atoms with Gasteiger partial charge in [0, 0.05) is 22.7 Å². The quantitative estimate of drug-likeness (QED) is 0.286. The third-order valence-electron chi connectivity index (χ3n) is 4.53. The number of carbonyl (C=O) groups is 2. The number of halogens is 6. The van der Waals surface area contributed by atoms with Crippen molar-refractivity contribution in [3.63, 3.8) is 0 Å². The number of carbonyl (C=O) groups excluding carboxylic acids is 2. The highest BCUT2D eigenvalue weighted by molar-refractivity contribution is 7.89. The van der Waals surface area contributed by atoms with Crippen molar-refractivity contribution in [1.82, 2.24) is 9.71 Å². The number of alkyl halides is 6. The van der Waals surface area contributed by atoms with E-state index in [4.69, 9.17) is 0 Å². The number of aromatic nitrogens is 1. The van der Waals surface area contributed by atoms with E-state index in [9.17, 15) is 44.3 Å². The number of rotatable bonds is 7. The van der Waals surface area contributed by atoms with Crippen LogP contribution in [0.5, 0.6) is 0 Å². The summed E-state index contributed by atoms with van der Waals surface area (Å²) in [6, 6.07) is 6.51. The molecule has 34 heavy (non-hydrogen) atoms. The average Bonchev–Trinajstić information content (AvgIpc) is 3.19. The van der Waals surface area contributed by atoms with Gasteiger partial charge < -0.3 is 9.72 Å². The molecule has 0 unspecified atom stereocenters. The highest BCUT2D eigenvalue weighted by atomic mass is 32.2. The molecule has 0 aliphatic carbocycles. The van der Waals surface area contributed by atoms with E-state index in [1.54, 1.807) is 29.0 Å². The van der Waals surface area contributed by atoms with Gasteiger partial charge in [-0.3, -0.25) is 9.59 Å². The summed E-state index contributed by atoms with van der Waals surface area (Å²) in [5.41, 5.74) is -2.83. The maximum absolute atomic E-state index is 12.9. The Morgan fingerprint density at radius 1 is 0.941 bits per heavy atom. The monoisotopic (exact) mass is 508 g/mol. The molecular weight excluding hydrogens is 494 g/mol. The van der Waals surface area contributed by atoms with Crippen LogP contribution >= 0.6 is 0 Å². The SMILES string of the molecule is O=C(CNS(=O)(=O)c1cc(C(F)(F)F)cc(C(F)(F)F)c1)OCC(=O)c1c[nH]c2ccccc12. The Morgan fingerprint density at radius 3 is 2.12 bits per heavy atom. The molecule has 3 rings (SSSR count). The van der Waals surface area contributed by atoms with Crippen LogP contribution in [0.4, 0.5) is 26.3 Å². The molecule has 1 aromatic heterocycles. The lowest BCUT2D eigenvalue weighted by atomic mass is 10.1. The number of esters is 1. The van der Waals surface area contributed by atoms with Gasteiger partial charge in [0.2, 0.25) is 15.8 Å². The predicted molar refractivity (Wildman–Crippen MR) is 105 cm³/mol. The topological polar surface area (TPSA) is 105 Å². The van der Waals surface area contributed by atoms with Crippen LogP contribution in [0, 0.1) is 0 Å². The second-order valence-electron chi connectivity index (χ2n) is 6.90. The first-order valence-corrected chi connectivity index (χ1v) is 10.7. The molecule has 182 valence electrons. The van der Waals surface area contributed by atoms with Crippen molar-refractivity contribution in [2.75, 3.05) is 13.2 Å². The second kappa shape index (κ2) is 9.10. The van der Waals surface area contributed by atoms with Crippen LogP contribution in [0.3, 0.4) is 0 Å². The second-order valence-corrected chi connectivity index (χ2v) is 8.66. The highest BCUT2D eigenvalue weighted by Gasteiger charge is 2.38. The Bertz CT molecular complexity index is 1310. The molecule has 2 N–H and O–H groups in total. The lowest BCUT2D eigenvalue weighted by Gasteiger charge is -2.14. The molecule has 0 radical (unpaired) electrons. The van der Waals surface area contributed by atoms with Gasteiger partial charge in [-0.1, -0.05) is 18.2 Å². The van der Waals surface area contributed by atoms with E-state index in [2.05, 4.69) is 9.72 Å². The summed E-state index contributed by atoms with van der Waals surface area (Å²) in [7, 11) is -4.97. The normalized spacial score (nSPS) is 12.6. The molecule has 0 amide bonds. The Kier molecular flexibility index (Phi) is 6.75. The van der Waals surface area contributed by atoms with Gasteiger partial charge in [0.25, 0.3) is 0 Å². The molecule has 0 saturated heterocycles. The lowest BCUT2D eigenvalue weighted by molar-refractivity contribution is -0.143. The number of sulfonamides is 1. The number of aromatic amines is 1. The Balaban J connectivity index is 1.68. The molecule has 0 aliphatic heterocycles. The van der Waals surface area contributed by atoms with Crippen LogP contribution in [-0.4, -0.2) is 38.3 Å². The minimum Gasteiger partial charge on any atom is -0.456 e. The Morgan fingerprint density at radius 2 is 1.53 bits per heavy atom. The van der Waals surface area contributed by atoms with Crippen molar-refractivity contribution in [2.45, 2.75) is 17.2 Å². The van der Waals surface area contributed by atoms with Crippen molar-refractivity contribution >= 4 is 32.7 Å². The van der Waals surface area contributed by atoms with Crippen molar-refractivity contribution in [1.29, 1.82) is 0 Å². The molecular formula is C20H14F6N2O5S. The van der Waals surface area contributed by atoms with Gasteiger partial charge in [0.1, 0.15) is 6.54 Å². The summed E-state index contributed by atoms with van der Waals surface area (Å²) < 4.78 is 108. The smallest absolute Gasteiger partial charge is 0.416 e. The summed E-state index contributed by atoms with van der Waals surface area (Å²) in [5.74, 6) is -1.90. The Hall–Kier alpha value is -3.39. The van der Waals surface area contributed by atoms with E-state index in [-0.39, 0.29) is 23.8 Å². The maximum Gasteiger partial charge on any atom is 0.416 e. The Labute approximate surface area is 187 Å². The molecule has 0 aliphatic rings. The third kappa shape index (κ3) is 5.75. The van der Waals surface area contributed by atoms with Crippen molar-refractivity contribution in [3.05, 3.63) is 65.4 Å². The number of Topliss-reactive ketones (excluding diaryl/α,β-unsaturated/α-hetero) is 1. The summed E-state index contributed by atoms with van der Waals surface area (Å²) in [4.78, 5) is 25.6. The van der Waals surface area contributed by atoms with Crippen LogP contribution in [0.2, 0.25) is 0 Å². The molecule has 0 spiro atoms. The highest BCUT2D eigenvalue weighted by Crippen LogP contribution is 2.37. The molecule has 0 atom stereocenters. The number of ketones is 1. The van der Waals surface area contributed by atoms with Gasteiger partial charge in [-0.25, -0.2) is 8.42 Å². The van der Waals surface area contributed by atoms with Crippen LogP contribution in [-0.2, 0) is 31.9 Å². The first-order chi connectivity index (χ1) is 15.7. The average molecular weight is 508 g/mol. The molecule has 0 bridgehead atoms. The number of fused-ring (bicyclic) bond motifs is 1. The zero-order chi connectivity index (χ0) is 25.3. The van der Waals surface area contributed by atoms with Gasteiger partial charge in [0.15, 0.2) is 6.61 Å². The number of hydrogen-bond acceptors (Lipinski definition) is 5. The standard InChI is InChI=1S/C20H14F6N2O5S/c21-19(22,23)11-5-12(20(24,25)26)7-13(6-11)34(31,32)28-9-18(30)33-10-17(29)15-8-27-16-4-2-1-3-14(15)16/h1-8,27-28H,9-10H2. The fourth-order valence-corrected chi connectivity index (χ4v) is 3.93. The van der Waals surface area contributed by atoms with E-state index < -0.39 is 63.3 Å². The zero-order valence-electron chi connectivity index (χ0n) is 16.8. The largest absolute Gasteiger partial charge is 0.456 e. The number of nitrogens with one attached hydrogen (secondary N) is 2. The minimum absolute atomic E-state index is 0.00342. The zero-order valence-corrected chi connectivity index (χ0v) is 17.6. The minimum atomic E-state index is -5.26. The molecule has 1 heterocycles. The summed E-state index contributed by atoms with van der Waals surface area (Å²) in [6.07, 6.45) is -9.13. The van der Waals surface area contributed by atoms with Crippen LogP contribution in [0.15, 0.2) is 53.6 Å².